The van der Waals surface area contributed by atoms with E-state index in [1.165, 1.54) is 6.07 Å². The summed E-state index contributed by atoms with van der Waals surface area (Å²) in [5, 5.41) is 0. The Morgan fingerprint density at radius 1 is 1.15 bits per heavy atom. The lowest BCUT2D eigenvalue weighted by atomic mass is 9.85. The maximum Gasteiger partial charge on any atom is 0.433 e. The second-order valence-electron chi connectivity index (χ2n) is 6.67. The molecule has 0 bridgehead atoms. The number of nitrogens with zero attached hydrogens (tertiary/aromatic N) is 3. The van der Waals surface area contributed by atoms with E-state index >= 15 is 0 Å². The van der Waals surface area contributed by atoms with Crippen molar-refractivity contribution in [2.24, 2.45) is 0 Å². The van der Waals surface area contributed by atoms with Crippen molar-refractivity contribution in [2.45, 2.75) is 31.4 Å². The van der Waals surface area contributed by atoms with Crippen molar-refractivity contribution in [3.8, 4) is 5.69 Å². The molecule has 0 amide bonds. The van der Waals surface area contributed by atoms with E-state index in [0.717, 1.165) is 47.2 Å². The smallest absolute Gasteiger partial charge is 0.312 e. The molecule has 9 heteroatoms. The van der Waals surface area contributed by atoms with Gasteiger partial charge in [-0.3, -0.25) is 9.36 Å². The number of thiazole rings is 1. The quantitative estimate of drug-likeness (QED) is 0.544. The Labute approximate surface area is 154 Å². The number of H-pyrrole nitrogens is 1. The maximum atomic E-state index is 13.2. The first-order chi connectivity index (χ1) is 12.9. The molecule has 27 heavy (non-hydrogen) atoms. The van der Waals surface area contributed by atoms with Crippen molar-refractivity contribution in [3.05, 3.63) is 51.5 Å². The van der Waals surface area contributed by atoms with Crippen LogP contribution in [0.25, 0.3) is 27.1 Å². The Morgan fingerprint density at radius 2 is 1.96 bits per heavy atom. The summed E-state index contributed by atoms with van der Waals surface area (Å²) < 4.78 is 42.0. The van der Waals surface area contributed by atoms with Gasteiger partial charge >= 0.3 is 11.0 Å². The predicted molar refractivity (Wildman–Crippen MR) is 96.5 cm³/mol. The average Bonchev–Trinajstić information content (AvgIpc) is 3.10. The molecular weight excluding hydrogens is 377 g/mol. The van der Waals surface area contributed by atoms with Gasteiger partial charge in [0.1, 0.15) is 17.0 Å². The summed E-state index contributed by atoms with van der Waals surface area (Å²) in [6.07, 6.45) is -1.54. The number of halogens is 3. The zero-order chi connectivity index (χ0) is 18.8. The van der Waals surface area contributed by atoms with Gasteiger partial charge in [0.15, 0.2) is 5.65 Å². The molecule has 1 aliphatic carbocycles. The second kappa shape index (κ2) is 5.66. The largest absolute Gasteiger partial charge is 0.433 e. The Bertz CT molecular complexity index is 1230. The highest BCUT2D eigenvalue weighted by atomic mass is 32.1. The number of benzene rings is 1. The fourth-order valence-corrected chi connectivity index (χ4v) is 4.17. The van der Waals surface area contributed by atoms with Crippen LogP contribution in [0.15, 0.2) is 35.1 Å². The first-order valence-corrected chi connectivity index (χ1v) is 9.31. The van der Waals surface area contributed by atoms with Gasteiger partial charge < -0.3 is 4.98 Å². The van der Waals surface area contributed by atoms with Gasteiger partial charge in [0.05, 0.1) is 15.9 Å². The zero-order valence-electron chi connectivity index (χ0n) is 13.9. The van der Waals surface area contributed by atoms with Gasteiger partial charge in [0.25, 0.3) is 0 Å². The number of rotatable bonds is 2. The number of aromatic amines is 1. The van der Waals surface area contributed by atoms with Crippen LogP contribution in [0.3, 0.4) is 0 Å². The fourth-order valence-electron chi connectivity index (χ4n) is 3.40. The minimum atomic E-state index is -4.52. The third-order valence-electron chi connectivity index (χ3n) is 4.95. The molecule has 1 aromatic carbocycles. The minimum Gasteiger partial charge on any atom is -0.312 e. The van der Waals surface area contributed by atoms with Crippen LogP contribution in [0.2, 0.25) is 0 Å². The van der Waals surface area contributed by atoms with Crippen molar-refractivity contribution < 1.29 is 13.2 Å². The SMILES string of the molecule is O=c1[nH]c2ccc(-n3c(C4CCC4)nc4ccc(C(F)(F)F)nc43)cc2s1. The molecule has 0 saturated heterocycles. The lowest BCUT2D eigenvalue weighted by Crippen LogP contribution is -2.15. The number of alkyl halides is 3. The molecule has 4 aromatic rings. The van der Waals surface area contributed by atoms with Crippen LogP contribution in [0, 0.1) is 0 Å². The van der Waals surface area contributed by atoms with E-state index in [1.807, 2.05) is 0 Å². The van der Waals surface area contributed by atoms with Crippen LogP contribution in [-0.4, -0.2) is 19.5 Å². The summed E-state index contributed by atoms with van der Waals surface area (Å²) in [4.78, 5) is 22.6. The van der Waals surface area contributed by atoms with Gasteiger partial charge in [-0.25, -0.2) is 9.97 Å². The number of aromatic nitrogens is 4. The number of pyridine rings is 1. The molecule has 0 aliphatic heterocycles. The Morgan fingerprint density at radius 3 is 2.67 bits per heavy atom. The molecule has 1 fully saturated rings. The topological polar surface area (TPSA) is 63.6 Å². The van der Waals surface area contributed by atoms with E-state index in [1.54, 1.807) is 22.8 Å². The third-order valence-corrected chi connectivity index (χ3v) is 5.80. The Balaban J connectivity index is 1.79. The number of imidazole rings is 1. The van der Waals surface area contributed by atoms with Gasteiger partial charge in [-0.1, -0.05) is 17.8 Å². The average molecular weight is 390 g/mol. The van der Waals surface area contributed by atoms with E-state index in [2.05, 4.69) is 15.0 Å². The van der Waals surface area contributed by atoms with Crippen LogP contribution in [0.1, 0.15) is 36.7 Å². The lowest BCUT2D eigenvalue weighted by molar-refractivity contribution is -0.141. The molecule has 1 saturated carbocycles. The predicted octanol–water partition coefficient (Wildman–Crippen LogP) is 4.61. The molecule has 138 valence electrons. The number of hydrogen-bond acceptors (Lipinski definition) is 4. The fraction of sp³-hybridized carbons (Fsp3) is 0.278. The van der Waals surface area contributed by atoms with E-state index in [9.17, 15) is 18.0 Å². The van der Waals surface area contributed by atoms with Gasteiger partial charge in [0, 0.05) is 5.92 Å². The number of hydrogen-bond donors (Lipinski definition) is 1. The van der Waals surface area contributed by atoms with E-state index in [4.69, 9.17) is 0 Å². The van der Waals surface area contributed by atoms with Gasteiger partial charge in [-0.2, -0.15) is 13.2 Å². The standard InChI is InChI=1S/C18H13F3N4OS/c19-18(20,21)14-7-6-12-16(24-14)25(15(22-12)9-2-1-3-9)10-4-5-11-13(8-10)27-17(26)23-11/h4-9H,1-3H2,(H,23,26). The molecule has 0 radical (unpaired) electrons. The lowest BCUT2D eigenvalue weighted by Gasteiger charge is -2.25. The Hall–Kier alpha value is -2.68. The number of nitrogens with one attached hydrogen (secondary N) is 1. The van der Waals surface area contributed by atoms with Crippen LogP contribution < -0.4 is 4.87 Å². The van der Waals surface area contributed by atoms with Crippen molar-refractivity contribution in [1.29, 1.82) is 0 Å². The molecule has 3 heterocycles. The molecule has 5 rings (SSSR count). The van der Waals surface area contributed by atoms with Crippen molar-refractivity contribution in [1.82, 2.24) is 19.5 Å². The zero-order valence-corrected chi connectivity index (χ0v) is 14.7. The van der Waals surface area contributed by atoms with Crippen molar-refractivity contribution in [3.63, 3.8) is 0 Å². The highest BCUT2D eigenvalue weighted by Gasteiger charge is 2.34. The van der Waals surface area contributed by atoms with Gasteiger partial charge in [0.2, 0.25) is 0 Å². The molecule has 1 aliphatic rings. The van der Waals surface area contributed by atoms with E-state index in [0.29, 0.717) is 16.7 Å². The normalized spacial score (nSPS) is 15.5. The minimum absolute atomic E-state index is 0.172. The van der Waals surface area contributed by atoms with E-state index in [-0.39, 0.29) is 16.4 Å². The highest BCUT2D eigenvalue weighted by molar-refractivity contribution is 7.16. The van der Waals surface area contributed by atoms with Crippen LogP contribution in [-0.2, 0) is 6.18 Å². The summed E-state index contributed by atoms with van der Waals surface area (Å²) in [5.41, 5.74) is 1.05. The monoisotopic (exact) mass is 390 g/mol. The third kappa shape index (κ3) is 2.64. The molecular formula is C18H13F3N4OS. The van der Waals surface area contributed by atoms with Crippen LogP contribution >= 0.6 is 11.3 Å². The van der Waals surface area contributed by atoms with Gasteiger partial charge in [-0.05, 0) is 43.2 Å². The first kappa shape index (κ1) is 16.5. The maximum absolute atomic E-state index is 13.2. The second-order valence-corrected chi connectivity index (χ2v) is 7.68. The molecule has 5 nitrogen and oxygen atoms in total. The highest BCUT2D eigenvalue weighted by Crippen LogP contribution is 2.39. The van der Waals surface area contributed by atoms with Gasteiger partial charge in [-0.15, -0.1) is 0 Å². The summed E-state index contributed by atoms with van der Waals surface area (Å²) in [5.74, 6) is 0.930. The molecule has 0 atom stereocenters. The first-order valence-electron chi connectivity index (χ1n) is 8.50. The molecule has 0 spiro atoms. The summed E-state index contributed by atoms with van der Waals surface area (Å²) in [7, 11) is 0. The van der Waals surface area contributed by atoms with Crippen molar-refractivity contribution in [2.75, 3.05) is 0 Å². The Kier molecular flexibility index (Phi) is 3.45. The van der Waals surface area contributed by atoms with E-state index < -0.39 is 11.9 Å². The summed E-state index contributed by atoms with van der Waals surface area (Å²) >= 11 is 1.07. The van der Waals surface area contributed by atoms with Crippen molar-refractivity contribution >= 4 is 32.7 Å². The van der Waals surface area contributed by atoms with Crippen LogP contribution in [0.5, 0.6) is 0 Å². The molecule has 0 unspecified atom stereocenters. The van der Waals surface area contributed by atoms with Crippen LogP contribution in [0.4, 0.5) is 13.2 Å². The summed E-state index contributed by atoms with van der Waals surface area (Å²) in [6.45, 7) is 0. The molecule has 3 aromatic heterocycles. The summed E-state index contributed by atoms with van der Waals surface area (Å²) in [6, 6.07) is 7.66. The molecule has 1 N–H and O–H groups in total. The number of fused-ring (bicyclic) bond motifs is 2.